The number of carbonyl (C=O) groups excluding carboxylic acids is 1. The average Bonchev–Trinajstić information content (AvgIpc) is 3.14. The molecular formula is C19H19NO6. The predicted octanol–water partition coefficient (Wildman–Crippen LogP) is 2.92. The lowest BCUT2D eigenvalue weighted by molar-refractivity contribution is -0.320. The SMILES string of the molecule is COc1ccc([C@@H]2O[C@H](C)CN(C(=O)c3ccc4c(c3)OCO4)O2)cc1. The van der Waals surface area contributed by atoms with Gasteiger partial charge in [-0.05, 0) is 37.3 Å². The van der Waals surface area contributed by atoms with E-state index in [1.165, 1.54) is 5.06 Å². The Hall–Kier alpha value is -2.77. The van der Waals surface area contributed by atoms with Gasteiger partial charge in [-0.2, -0.15) is 0 Å². The van der Waals surface area contributed by atoms with Crippen molar-refractivity contribution in [3.63, 3.8) is 0 Å². The van der Waals surface area contributed by atoms with Gasteiger partial charge in [-0.25, -0.2) is 9.90 Å². The van der Waals surface area contributed by atoms with Crippen LogP contribution in [0.25, 0.3) is 0 Å². The zero-order valence-electron chi connectivity index (χ0n) is 14.5. The highest BCUT2D eigenvalue weighted by Crippen LogP contribution is 2.34. The second-order valence-electron chi connectivity index (χ2n) is 6.09. The number of rotatable bonds is 3. The van der Waals surface area contributed by atoms with Crippen LogP contribution in [0.1, 0.15) is 29.1 Å². The minimum absolute atomic E-state index is 0.164. The fourth-order valence-corrected chi connectivity index (χ4v) is 2.88. The van der Waals surface area contributed by atoms with Crippen molar-refractivity contribution in [2.75, 3.05) is 20.4 Å². The third-order valence-electron chi connectivity index (χ3n) is 4.24. The van der Waals surface area contributed by atoms with Crippen molar-refractivity contribution in [1.29, 1.82) is 0 Å². The number of amides is 1. The Bertz CT molecular complexity index is 806. The minimum Gasteiger partial charge on any atom is -0.497 e. The van der Waals surface area contributed by atoms with Gasteiger partial charge in [-0.3, -0.25) is 4.79 Å². The van der Waals surface area contributed by atoms with Gasteiger partial charge in [0.1, 0.15) is 5.75 Å². The van der Waals surface area contributed by atoms with E-state index in [0.717, 1.165) is 11.3 Å². The molecule has 26 heavy (non-hydrogen) atoms. The molecule has 1 amide bonds. The number of hydrogen-bond donors (Lipinski definition) is 0. The summed E-state index contributed by atoms with van der Waals surface area (Å²) in [5.41, 5.74) is 1.28. The van der Waals surface area contributed by atoms with E-state index in [0.29, 0.717) is 23.6 Å². The lowest BCUT2D eigenvalue weighted by atomic mass is 10.1. The van der Waals surface area contributed by atoms with E-state index in [2.05, 4.69) is 0 Å². The highest BCUT2D eigenvalue weighted by atomic mass is 16.8. The number of benzene rings is 2. The van der Waals surface area contributed by atoms with Gasteiger partial charge in [0.15, 0.2) is 11.5 Å². The number of carbonyl (C=O) groups is 1. The molecule has 0 spiro atoms. The Balaban J connectivity index is 1.53. The fourth-order valence-electron chi connectivity index (χ4n) is 2.88. The number of hydroxylamine groups is 2. The van der Waals surface area contributed by atoms with Crippen LogP contribution in [0, 0.1) is 0 Å². The van der Waals surface area contributed by atoms with E-state index in [4.69, 9.17) is 23.8 Å². The van der Waals surface area contributed by atoms with Crippen molar-refractivity contribution in [2.24, 2.45) is 0 Å². The molecule has 0 bridgehead atoms. The van der Waals surface area contributed by atoms with Crippen molar-refractivity contribution in [1.82, 2.24) is 5.06 Å². The first-order valence-electron chi connectivity index (χ1n) is 8.32. The van der Waals surface area contributed by atoms with Crippen molar-refractivity contribution >= 4 is 5.91 Å². The summed E-state index contributed by atoms with van der Waals surface area (Å²) in [7, 11) is 1.61. The summed E-state index contributed by atoms with van der Waals surface area (Å²) in [6.07, 6.45) is -0.837. The monoisotopic (exact) mass is 357 g/mol. The topological polar surface area (TPSA) is 66.5 Å². The zero-order chi connectivity index (χ0) is 18.1. The van der Waals surface area contributed by atoms with Crippen molar-refractivity contribution < 1.29 is 28.6 Å². The third kappa shape index (κ3) is 3.18. The van der Waals surface area contributed by atoms with Crippen LogP contribution in [0.5, 0.6) is 17.2 Å². The summed E-state index contributed by atoms with van der Waals surface area (Å²) in [5.74, 6) is 1.68. The Morgan fingerprint density at radius 3 is 2.65 bits per heavy atom. The molecule has 7 heteroatoms. The van der Waals surface area contributed by atoms with Crippen molar-refractivity contribution in [2.45, 2.75) is 19.3 Å². The summed E-state index contributed by atoms with van der Waals surface area (Å²) in [5, 5.41) is 1.33. The Morgan fingerprint density at radius 1 is 1.12 bits per heavy atom. The van der Waals surface area contributed by atoms with E-state index in [1.54, 1.807) is 25.3 Å². The van der Waals surface area contributed by atoms with Crippen LogP contribution in [0.15, 0.2) is 42.5 Å². The molecule has 4 rings (SSSR count). The summed E-state index contributed by atoms with van der Waals surface area (Å²) in [4.78, 5) is 18.7. The molecule has 2 aromatic rings. The average molecular weight is 357 g/mol. The van der Waals surface area contributed by atoms with E-state index in [1.807, 2.05) is 31.2 Å². The first-order chi connectivity index (χ1) is 12.6. The molecule has 0 unspecified atom stereocenters. The van der Waals surface area contributed by atoms with Gasteiger partial charge in [-0.1, -0.05) is 12.1 Å². The molecule has 136 valence electrons. The zero-order valence-corrected chi connectivity index (χ0v) is 14.5. The highest BCUT2D eigenvalue weighted by molar-refractivity contribution is 5.94. The molecule has 0 aromatic heterocycles. The first-order valence-corrected chi connectivity index (χ1v) is 8.32. The van der Waals surface area contributed by atoms with Gasteiger partial charge in [0.25, 0.3) is 5.91 Å². The maximum Gasteiger partial charge on any atom is 0.277 e. The molecule has 0 radical (unpaired) electrons. The van der Waals surface area contributed by atoms with Crippen LogP contribution >= 0.6 is 0 Å². The first kappa shape index (κ1) is 16.7. The molecular weight excluding hydrogens is 338 g/mol. The van der Waals surface area contributed by atoms with Crippen LogP contribution in [0.2, 0.25) is 0 Å². The van der Waals surface area contributed by atoms with E-state index < -0.39 is 6.29 Å². The van der Waals surface area contributed by atoms with Gasteiger partial charge >= 0.3 is 0 Å². The van der Waals surface area contributed by atoms with Crippen LogP contribution in [-0.2, 0) is 9.57 Å². The molecule has 0 N–H and O–H groups in total. The molecule has 7 nitrogen and oxygen atoms in total. The largest absolute Gasteiger partial charge is 0.497 e. The van der Waals surface area contributed by atoms with E-state index in [-0.39, 0.29) is 18.8 Å². The van der Waals surface area contributed by atoms with Gasteiger partial charge in [0.05, 0.1) is 19.8 Å². The summed E-state index contributed by atoms with van der Waals surface area (Å²) in [6, 6.07) is 12.4. The van der Waals surface area contributed by atoms with Gasteiger partial charge in [-0.15, -0.1) is 0 Å². The Kier molecular flexibility index (Phi) is 4.40. The molecule has 1 fully saturated rings. The maximum atomic E-state index is 12.9. The molecule has 1 saturated heterocycles. The molecule has 0 saturated carbocycles. The predicted molar refractivity (Wildman–Crippen MR) is 91.0 cm³/mol. The molecule has 2 aliphatic rings. The van der Waals surface area contributed by atoms with Gasteiger partial charge in [0, 0.05) is 11.1 Å². The third-order valence-corrected chi connectivity index (χ3v) is 4.24. The van der Waals surface area contributed by atoms with Crippen molar-refractivity contribution in [3.8, 4) is 17.2 Å². The molecule has 0 aliphatic carbocycles. The lowest BCUT2D eigenvalue weighted by Gasteiger charge is -2.36. The van der Waals surface area contributed by atoms with E-state index in [9.17, 15) is 4.79 Å². The van der Waals surface area contributed by atoms with E-state index >= 15 is 0 Å². The molecule has 2 aromatic carbocycles. The number of nitrogens with zero attached hydrogens (tertiary/aromatic N) is 1. The number of fused-ring (bicyclic) bond motifs is 1. The number of methoxy groups -OCH3 is 1. The number of hydrogen-bond acceptors (Lipinski definition) is 6. The maximum absolute atomic E-state index is 12.9. The Morgan fingerprint density at radius 2 is 1.88 bits per heavy atom. The van der Waals surface area contributed by atoms with Crippen molar-refractivity contribution in [3.05, 3.63) is 53.6 Å². The van der Waals surface area contributed by atoms with Gasteiger partial charge in [0.2, 0.25) is 13.1 Å². The molecule has 2 aliphatic heterocycles. The molecule has 2 heterocycles. The summed E-state index contributed by atoms with van der Waals surface area (Å²) in [6.45, 7) is 2.40. The van der Waals surface area contributed by atoms with Crippen LogP contribution in [0.3, 0.4) is 0 Å². The fraction of sp³-hybridized carbons (Fsp3) is 0.316. The summed E-state index contributed by atoms with van der Waals surface area (Å²) < 4.78 is 21.6. The minimum atomic E-state index is -0.664. The van der Waals surface area contributed by atoms with Gasteiger partial charge < -0.3 is 18.9 Å². The quantitative estimate of drug-likeness (QED) is 0.841. The molecule has 2 atom stereocenters. The second kappa shape index (κ2) is 6.86. The normalized spacial score (nSPS) is 21.5. The Labute approximate surface area is 150 Å². The lowest BCUT2D eigenvalue weighted by Crippen LogP contribution is -2.44. The number of ether oxygens (including phenoxy) is 4. The van der Waals surface area contributed by atoms with Crippen LogP contribution in [-0.4, -0.2) is 37.5 Å². The van der Waals surface area contributed by atoms with Crippen LogP contribution in [0.4, 0.5) is 0 Å². The second-order valence-corrected chi connectivity index (χ2v) is 6.09. The summed E-state index contributed by atoms with van der Waals surface area (Å²) >= 11 is 0. The standard InChI is InChI=1S/C19H19NO6/c1-12-10-20(18(21)14-5-8-16-17(9-14)24-11-23-16)26-19(25-12)13-3-6-15(22-2)7-4-13/h3-9,12,19H,10-11H2,1-2H3/t12-,19-/m1/s1. The smallest absolute Gasteiger partial charge is 0.277 e. The van der Waals surface area contributed by atoms with Crippen LogP contribution < -0.4 is 14.2 Å². The highest BCUT2D eigenvalue weighted by Gasteiger charge is 2.32.